The second-order valence-electron chi connectivity index (χ2n) is 5.88. The van der Waals surface area contributed by atoms with Crippen molar-refractivity contribution in [2.75, 3.05) is 6.54 Å². The molecule has 0 aliphatic heterocycles. The van der Waals surface area contributed by atoms with Gasteiger partial charge in [0.2, 0.25) is 0 Å². The van der Waals surface area contributed by atoms with E-state index in [2.05, 4.69) is 53.0 Å². The zero-order valence-electron chi connectivity index (χ0n) is 11.7. The molecule has 19 heavy (non-hydrogen) atoms. The Morgan fingerprint density at radius 3 is 2.68 bits per heavy atom. The number of imidazole rings is 1. The van der Waals surface area contributed by atoms with E-state index in [1.54, 1.807) is 0 Å². The second kappa shape index (κ2) is 4.82. The third-order valence-electron chi connectivity index (χ3n) is 3.99. The summed E-state index contributed by atoms with van der Waals surface area (Å²) in [6, 6.07) is 10.4. The van der Waals surface area contributed by atoms with E-state index in [1.807, 2.05) is 12.3 Å². The Balaban J connectivity index is 1.75. The minimum Gasteiger partial charge on any atom is -0.311 e. The molecule has 1 aromatic heterocycles. The summed E-state index contributed by atoms with van der Waals surface area (Å²) in [4.78, 5) is 4.45. The van der Waals surface area contributed by atoms with Crippen molar-refractivity contribution in [1.82, 2.24) is 14.9 Å². The van der Waals surface area contributed by atoms with Crippen molar-refractivity contribution in [2.24, 2.45) is 5.41 Å². The summed E-state index contributed by atoms with van der Waals surface area (Å²) in [5.41, 5.74) is 2.96. The van der Waals surface area contributed by atoms with Gasteiger partial charge in [-0.2, -0.15) is 0 Å². The summed E-state index contributed by atoms with van der Waals surface area (Å²) in [5, 5.41) is 3.57. The lowest BCUT2D eigenvalue weighted by Gasteiger charge is -2.13. The Bertz CT molecular complexity index is 553. The number of para-hydroxylation sites is 1. The van der Waals surface area contributed by atoms with Crippen LogP contribution in [0.1, 0.15) is 31.3 Å². The molecular weight excluding hydrogens is 234 g/mol. The molecular formula is C16H21N3. The van der Waals surface area contributed by atoms with Gasteiger partial charge < -0.3 is 5.32 Å². The van der Waals surface area contributed by atoms with Crippen molar-refractivity contribution in [3.05, 3.63) is 48.0 Å². The molecule has 0 saturated heterocycles. The number of aryl methyl sites for hydroxylation is 1. The van der Waals surface area contributed by atoms with E-state index in [-0.39, 0.29) is 0 Å². The fourth-order valence-electron chi connectivity index (χ4n) is 2.43. The highest BCUT2D eigenvalue weighted by Crippen LogP contribution is 2.44. The van der Waals surface area contributed by atoms with Gasteiger partial charge >= 0.3 is 0 Å². The van der Waals surface area contributed by atoms with Crippen molar-refractivity contribution in [3.8, 4) is 5.69 Å². The number of benzene rings is 1. The number of hydrogen-bond donors (Lipinski definition) is 1. The molecule has 1 aliphatic carbocycles. The fourth-order valence-corrected chi connectivity index (χ4v) is 2.43. The molecule has 1 N–H and O–H groups in total. The van der Waals surface area contributed by atoms with Gasteiger partial charge in [-0.1, -0.05) is 25.1 Å². The molecule has 0 amide bonds. The Morgan fingerprint density at radius 2 is 2.00 bits per heavy atom. The summed E-state index contributed by atoms with van der Waals surface area (Å²) in [7, 11) is 0. The summed E-state index contributed by atoms with van der Waals surface area (Å²) >= 11 is 0. The predicted octanol–water partition coefficient (Wildman–Crippen LogP) is 3.07. The molecule has 0 radical (unpaired) electrons. The van der Waals surface area contributed by atoms with E-state index in [0.29, 0.717) is 5.41 Å². The first-order valence-corrected chi connectivity index (χ1v) is 6.97. The van der Waals surface area contributed by atoms with Gasteiger partial charge in [0, 0.05) is 18.8 Å². The van der Waals surface area contributed by atoms with Gasteiger partial charge in [-0.25, -0.2) is 4.98 Å². The van der Waals surface area contributed by atoms with E-state index in [9.17, 15) is 0 Å². The highest BCUT2D eigenvalue weighted by atomic mass is 15.1. The molecule has 3 heteroatoms. The predicted molar refractivity (Wildman–Crippen MR) is 77.3 cm³/mol. The lowest BCUT2D eigenvalue weighted by molar-refractivity contribution is 0.495. The zero-order chi connectivity index (χ0) is 13.3. The fraction of sp³-hybridized carbons (Fsp3) is 0.438. The summed E-state index contributed by atoms with van der Waals surface area (Å²) in [6.45, 7) is 6.38. The molecule has 0 atom stereocenters. The van der Waals surface area contributed by atoms with Crippen LogP contribution in [0.25, 0.3) is 5.69 Å². The monoisotopic (exact) mass is 255 g/mol. The third kappa shape index (κ3) is 2.71. The maximum Gasteiger partial charge on any atom is 0.110 e. The van der Waals surface area contributed by atoms with E-state index >= 15 is 0 Å². The molecule has 1 aliphatic rings. The van der Waals surface area contributed by atoms with Gasteiger partial charge in [-0.05, 0) is 37.3 Å². The van der Waals surface area contributed by atoms with Crippen molar-refractivity contribution in [3.63, 3.8) is 0 Å². The molecule has 0 unspecified atom stereocenters. The minimum absolute atomic E-state index is 0.548. The highest BCUT2D eigenvalue weighted by molar-refractivity contribution is 5.35. The van der Waals surface area contributed by atoms with E-state index in [1.165, 1.54) is 24.2 Å². The van der Waals surface area contributed by atoms with E-state index in [4.69, 9.17) is 0 Å². The van der Waals surface area contributed by atoms with Gasteiger partial charge in [0.25, 0.3) is 0 Å². The molecule has 3 nitrogen and oxygen atoms in total. The molecule has 3 rings (SSSR count). The van der Waals surface area contributed by atoms with Crippen molar-refractivity contribution < 1.29 is 0 Å². The van der Waals surface area contributed by atoms with Crippen molar-refractivity contribution >= 4 is 0 Å². The van der Waals surface area contributed by atoms with Crippen molar-refractivity contribution in [1.29, 1.82) is 0 Å². The number of nitrogens with zero attached hydrogens (tertiary/aromatic N) is 2. The van der Waals surface area contributed by atoms with Crippen LogP contribution >= 0.6 is 0 Å². The van der Waals surface area contributed by atoms with Crippen LogP contribution in [0.15, 0.2) is 36.5 Å². The van der Waals surface area contributed by atoms with E-state index < -0.39 is 0 Å². The largest absolute Gasteiger partial charge is 0.311 e. The highest BCUT2D eigenvalue weighted by Gasteiger charge is 2.36. The number of nitrogens with one attached hydrogen (secondary N) is 1. The first-order valence-electron chi connectivity index (χ1n) is 6.97. The molecule has 1 fully saturated rings. The smallest absolute Gasteiger partial charge is 0.110 e. The standard InChI is InChI=1S/C16H21N3/c1-13-18-11-15(10-17-12-16(2)8-9-16)19(13)14-6-4-3-5-7-14/h3-7,11,17H,8-10,12H2,1-2H3. The molecule has 100 valence electrons. The number of rotatable bonds is 5. The maximum absolute atomic E-state index is 4.45. The maximum atomic E-state index is 4.45. The van der Waals surface area contributed by atoms with Gasteiger partial charge in [0.15, 0.2) is 0 Å². The average molecular weight is 255 g/mol. The van der Waals surface area contributed by atoms with Crippen LogP contribution in [0.5, 0.6) is 0 Å². The molecule has 0 bridgehead atoms. The van der Waals surface area contributed by atoms with Crippen LogP contribution in [0.2, 0.25) is 0 Å². The normalized spacial score (nSPS) is 16.5. The van der Waals surface area contributed by atoms with Gasteiger partial charge in [0.05, 0.1) is 11.9 Å². The molecule has 1 saturated carbocycles. The third-order valence-corrected chi connectivity index (χ3v) is 3.99. The molecule has 0 spiro atoms. The quantitative estimate of drug-likeness (QED) is 0.890. The lowest BCUT2D eigenvalue weighted by Crippen LogP contribution is -2.22. The first kappa shape index (κ1) is 12.4. The van der Waals surface area contributed by atoms with Crippen LogP contribution < -0.4 is 5.32 Å². The van der Waals surface area contributed by atoms with Crippen LogP contribution in [0.4, 0.5) is 0 Å². The van der Waals surface area contributed by atoms with E-state index in [0.717, 1.165) is 18.9 Å². The Hall–Kier alpha value is -1.61. The number of aromatic nitrogens is 2. The number of hydrogen-bond acceptors (Lipinski definition) is 2. The van der Waals surface area contributed by atoms with Gasteiger partial charge in [-0.15, -0.1) is 0 Å². The Kier molecular flexibility index (Phi) is 3.15. The summed E-state index contributed by atoms with van der Waals surface area (Å²) in [5.74, 6) is 1.04. The van der Waals surface area contributed by atoms with Gasteiger partial charge in [0.1, 0.15) is 5.82 Å². The molecule has 1 heterocycles. The summed E-state index contributed by atoms with van der Waals surface area (Å²) < 4.78 is 2.22. The van der Waals surface area contributed by atoms with Crippen molar-refractivity contribution in [2.45, 2.75) is 33.2 Å². The average Bonchev–Trinajstić information content (AvgIpc) is 3.03. The van der Waals surface area contributed by atoms with Crippen LogP contribution in [-0.4, -0.2) is 16.1 Å². The van der Waals surface area contributed by atoms with Gasteiger partial charge in [-0.3, -0.25) is 4.57 Å². The molecule has 2 aromatic rings. The Labute approximate surface area is 114 Å². The second-order valence-corrected chi connectivity index (χ2v) is 5.88. The van der Waals surface area contributed by atoms with Crippen LogP contribution in [-0.2, 0) is 6.54 Å². The van der Waals surface area contributed by atoms with Crippen LogP contribution in [0.3, 0.4) is 0 Å². The van der Waals surface area contributed by atoms with Crippen LogP contribution in [0, 0.1) is 12.3 Å². The topological polar surface area (TPSA) is 29.9 Å². The Morgan fingerprint density at radius 1 is 1.26 bits per heavy atom. The lowest BCUT2D eigenvalue weighted by atomic mass is 10.1. The first-order chi connectivity index (χ1) is 9.18. The summed E-state index contributed by atoms with van der Waals surface area (Å²) in [6.07, 6.45) is 4.69. The molecule has 1 aromatic carbocycles. The SMILES string of the molecule is Cc1ncc(CNCC2(C)CC2)n1-c1ccccc1. The minimum atomic E-state index is 0.548. The zero-order valence-corrected chi connectivity index (χ0v) is 11.7.